The highest BCUT2D eigenvalue weighted by atomic mass is 35.5. The van der Waals surface area contributed by atoms with Gasteiger partial charge in [0, 0.05) is 23.2 Å². The molecular weight excluding hydrogens is 270 g/mol. The smallest absolute Gasteiger partial charge is 0.120 e. The number of aromatic hydroxyl groups is 1. The number of hydrogen-bond donors (Lipinski definition) is 1. The Hall–Kier alpha value is -0.730. The molecule has 2 saturated carbocycles. The van der Waals surface area contributed by atoms with Crippen LogP contribution in [0.15, 0.2) is 18.2 Å². The third-order valence-corrected chi connectivity index (χ3v) is 5.74. The minimum Gasteiger partial charge on any atom is -0.508 e. The van der Waals surface area contributed by atoms with Crippen LogP contribution in [0.25, 0.3) is 0 Å². The summed E-state index contributed by atoms with van der Waals surface area (Å²) in [7, 11) is 2.16. The third kappa shape index (κ3) is 2.68. The van der Waals surface area contributed by atoms with Crippen LogP contribution in [0.3, 0.4) is 0 Å². The molecule has 1 N–H and O–H groups in total. The van der Waals surface area contributed by atoms with E-state index in [-0.39, 0.29) is 6.04 Å². The summed E-state index contributed by atoms with van der Waals surface area (Å²) in [5.74, 6) is 3.14. The van der Waals surface area contributed by atoms with Crippen LogP contribution in [0, 0.1) is 17.8 Å². The lowest BCUT2D eigenvalue weighted by Gasteiger charge is -2.31. The first-order chi connectivity index (χ1) is 9.54. The lowest BCUT2D eigenvalue weighted by atomic mass is 9.88. The van der Waals surface area contributed by atoms with Crippen molar-refractivity contribution in [3.63, 3.8) is 0 Å². The molecular formula is C17H24ClNO. The molecule has 110 valence electrons. The van der Waals surface area contributed by atoms with Crippen LogP contribution in [0.1, 0.15) is 44.2 Å². The largest absolute Gasteiger partial charge is 0.508 e. The summed E-state index contributed by atoms with van der Waals surface area (Å²) in [5, 5.41) is 10.7. The Labute approximate surface area is 126 Å². The Morgan fingerprint density at radius 3 is 2.80 bits per heavy atom. The fourth-order valence-corrected chi connectivity index (χ4v) is 4.41. The monoisotopic (exact) mass is 293 g/mol. The summed E-state index contributed by atoms with van der Waals surface area (Å²) in [6.07, 6.45) is 5.74. The van der Waals surface area contributed by atoms with Crippen molar-refractivity contribution >= 4 is 11.6 Å². The Balaban J connectivity index is 1.67. The molecule has 2 nitrogen and oxygen atoms in total. The van der Waals surface area contributed by atoms with Crippen molar-refractivity contribution in [2.75, 3.05) is 13.6 Å². The first kappa shape index (κ1) is 14.2. The van der Waals surface area contributed by atoms with Crippen LogP contribution in [-0.4, -0.2) is 23.6 Å². The molecule has 2 aliphatic rings. The van der Waals surface area contributed by atoms with Gasteiger partial charge in [0.2, 0.25) is 0 Å². The van der Waals surface area contributed by atoms with E-state index in [9.17, 15) is 5.11 Å². The van der Waals surface area contributed by atoms with Gasteiger partial charge in [0.15, 0.2) is 0 Å². The summed E-state index contributed by atoms with van der Waals surface area (Å²) in [6.45, 7) is 3.28. The van der Waals surface area contributed by atoms with Gasteiger partial charge in [-0.05, 0) is 69.2 Å². The topological polar surface area (TPSA) is 23.5 Å². The fraction of sp³-hybridized carbons (Fsp3) is 0.647. The van der Waals surface area contributed by atoms with Gasteiger partial charge < -0.3 is 5.11 Å². The molecule has 3 rings (SSSR count). The van der Waals surface area contributed by atoms with Gasteiger partial charge in [0.1, 0.15) is 5.75 Å². The molecule has 4 atom stereocenters. The molecule has 1 aromatic carbocycles. The normalized spacial score (nSPS) is 30.1. The molecule has 2 aliphatic carbocycles. The molecule has 2 fully saturated rings. The third-order valence-electron chi connectivity index (χ3n) is 5.51. The standard InChI is InChI=1S/C17H24ClNO/c1-11(16-9-15(18)5-6-17(16)20)19(2)10-14-8-12-3-4-13(14)7-12/h5-6,9,11-14,20H,3-4,7-8,10H2,1-2H3. The number of nitrogens with zero attached hydrogens (tertiary/aromatic N) is 1. The van der Waals surface area contributed by atoms with Crippen LogP contribution in [0.5, 0.6) is 5.75 Å². The molecule has 3 heteroatoms. The van der Waals surface area contributed by atoms with Crippen molar-refractivity contribution in [3.8, 4) is 5.75 Å². The summed E-state index contributed by atoms with van der Waals surface area (Å²) in [6, 6.07) is 5.52. The van der Waals surface area contributed by atoms with E-state index in [0.717, 1.165) is 29.9 Å². The fourth-order valence-electron chi connectivity index (χ4n) is 4.23. The lowest BCUT2D eigenvalue weighted by molar-refractivity contribution is 0.180. The van der Waals surface area contributed by atoms with E-state index in [1.807, 2.05) is 6.07 Å². The number of phenols is 1. The molecule has 20 heavy (non-hydrogen) atoms. The second-order valence-corrected chi connectivity index (χ2v) is 7.19. The number of fused-ring (bicyclic) bond motifs is 2. The second kappa shape index (κ2) is 5.57. The predicted octanol–water partition coefficient (Wildman–Crippen LogP) is 4.47. The number of hydrogen-bond acceptors (Lipinski definition) is 2. The highest BCUT2D eigenvalue weighted by Crippen LogP contribution is 2.48. The van der Waals surface area contributed by atoms with Gasteiger partial charge in [-0.15, -0.1) is 0 Å². The summed E-state index contributed by atoms with van der Waals surface area (Å²) in [4.78, 5) is 2.37. The number of benzene rings is 1. The van der Waals surface area contributed by atoms with Gasteiger partial charge in [-0.1, -0.05) is 18.0 Å². The molecule has 0 heterocycles. The van der Waals surface area contributed by atoms with Crippen LogP contribution < -0.4 is 0 Å². The molecule has 0 radical (unpaired) electrons. The van der Waals surface area contributed by atoms with E-state index >= 15 is 0 Å². The Bertz CT molecular complexity index is 490. The summed E-state index contributed by atoms with van der Waals surface area (Å²) < 4.78 is 0. The quantitative estimate of drug-likeness (QED) is 0.885. The van der Waals surface area contributed by atoms with E-state index in [0.29, 0.717) is 10.8 Å². The van der Waals surface area contributed by atoms with E-state index in [1.54, 1.807) is 12.1 Å². The molecule has 1 aromatic rings. The van der Waals surface area contributed by atoms with Gasteiger partial charge in [-0.3, -0.25) is 4.90 Å². The molecule has 0 aromatic heterocycles. The molecule has 2 bridgehead atoms. The molecule has 4 unspecified atom stereocenters. The minimum atomic E-state index is 0.202. The van der Waals surface area contributed by atoms with Gasteiger partial charge >= 0.3 is 0 Å². The average Bonchev–Trinajstić information content (AvgIpc) is 3.03. The van der Waals surface area contributed by atoms with Gasteiger partial charge in [-0.2, -0.15) is 0 Å². The number of phenolic OH excluding ortho intramolecular Hbond substituents is 1. The highest BCUT2D eigenvalue weighted by molar-refractivity contribution is 6.30. The summed E-state index contributed by atoms with van der Waals surface area (Å²) in [5.41, 5.74) is 0.933. The first-order valence-corrected chi connectivity index (χ1v) is 8.11. The maximum atomic E-state index is 10.0. The molecule has 0 saturated heterocycles. The van der Waals surface area contributed by atoms with Crippen molar-refractivity contribution in [3.05, 3.63) is 28.8 Å². The maximum absolute atomic E-state index is 10.0. The minimum absolute atomic E-state index is 0.202. The van der Waals surface area contributed by atoms with Gasteiger partial charge in [0.25, 0.3) is 0 Å². The van der Waals surface area contributed by atoms with E-state index < -0.39 is 0 Å². The van der Waals surface area contributed by atoms with Crippen molar-refractivity contribution in [2.24, 2.45) is 17.8 Å². The lowest BCUT2D eigenvalue weighted by Crippen LogP contribution is -2.31. The Morgan fingerprint density at radius 1 is 1.35 bits per heavy atom. The average molecular weight is 294 g/mol. The first-order valence-electron chi connectivity index (χ1n) is 7.73. The number of rotatable bonds is 4. The Kier molecular flexibility index (Phi) is 3.96. The Morgan fingerprint density at radius 2 is 2.15 bits per heavy atom. The van der Waals surface area contributed by atoms with E-state index in [4.69, 9.17) is 11.6 Å². The van der Waals surface area contributed by atoms with Crippen LogP contribution in [0.2, 0.25) is 5.02 Å². The molecule has 0 amide bonds. The number of halogens is 1. The maximum Gasteiger partial charge on any atom is 0.120 e. The highest BCUT2D eigenvalue weighted by Gasteiger charge is 2.40. The van der Waals surface area contributed by atoms with Gasteiger partial charge in [0.05, 0.1) is 0 Å². The zero-order valence-electron chi connectivity index (χ0n) is 12.3. The second-order valence-electron chi connectivity index (χ2n) is 6.75. The van der Waals surface area contributed by atoms with Crippen molar-refractivity contribution < 1.29 is 5.11 Å². The van der Waals surface area contributed by atoms with Gasteiger partial charge in [-0.25, -0.2) is 0 Å². The van der Waals surface area contributed by atoms with E-state index in [1.165, 1.54) is 25.7 Å². The molecule has 0 aliphatic heterocycles. The van der Waals surface area contributed by atoms with Crippen molar-refractivity contribution in [2.45, 2.75) is 38.6 Å². The summed E-state index contributed by atoms with van der Waals surface area (Å²) >= 11 is 6.06. The van der Waals surface area contributed by atoms with Crippen molar-refractivity contribution in [1.29, 1.82) is 0 Å². The van der Waals surface area contributed by atoms with Crippen LogP contribution in [0.4, 0.5) is 0 Å². The zero-order chi connectivity index (χ0) is 14.3. The van der Waals surface area contributed by atoms with Crippen LogP contribution >= 0.6 is 11.6 Å². The van der Waals surface area contributed by atoms with E-state index in [2.05, 4.69) is 18.9 Å². The van der Waals surface area contributed by atoms with Crippen LogP contribution in [-0.2, 0) is 0 Å². The predicted molar refractivity (Wildman–Crippen MR) is 83.1 cm³/mol. The van der Waals surface area contributed by atoms with Crippen molar-refractivity contribution in [1.82, 2.24) is 4.90 Å². The molecule has 0 spiro atoms. The zero-order valence-corrected chi connectivity index (χ0v) is 13.1. The SMILES string of the molecule is CC(c1cc(Cl)ccc1O)N(C)CC1CC2CCC1C2.